The molecule has 5 nitrogen and oxygen atoms in total. The van der Waals surface area contributed by atoms with Gasteiger partial charge in [-0.05, 0) is 56.5 Å². The molecule has 0 bridgehead atoms. The summed E-state index contributed by atoms with van der Waals surface area (Å²) < 4.78 is 0. The quantitative estimate of drug-likeness (QED) is 0.448. The second kappa shape index (κ2) is 7.55. The first-order valence-corrected chi connectivity index (χ1v) is 7.74. The van der Waals surface area contributed by atoms with Gasteiger partial charge < -0.3 is 16.2 Å². The Labute approximate surface area is 116 Å². The lowest BCUT2D eigenvalue weighted by Gasteiger charge is -2.40. The van der Waals surface area contributed by atoms with Crippen LogP contribution in [-0.4, -0.2) is 43.7 Å². The molecule has 2 fully saturated rings. The van der Waals surface area contributed by atoms with Crippen molar-refractivity contribution in [2.75, 3.05) is 26.4 Å². The zero-order chi connectivity index (χ0) is 13.7. The molecule has 6 N–H and O–H groups in total. The zero-order valence-corrected chi connectivity index (χ0v) is 12.1. The average molecular weight is 270 g/mol. The van der Waals surface area contributed by atoms with E-state index in [0.29, 0.717) is 12.6 Å². The molecule has 0 saturated carbocycles. The fraction of sp³-hybridized carbons (Fsp3) is 1.00. The first-order valence-electron chi connectivity index (χ1n) is 7.74. The van der Waals surface area contributed by atoms with Gasteiger partial charge in [-0.2, -0.15) is 0 Å². The lowest BCUT2D eigenvalue weighted by Crippen LogP contribution is -2.57. The SMILES string of the molecule is C[C@H]1CNCC(CC2CCC(CO)NC2NCN)C1. The summed E-state index contributed by atoms with van der Waals surface area (Å²) in [7, 11) is 0. The van der Waals surface area contributed by atoms with E-state index in [4.69, 9.17) is 5.73 Å². The molecule has 19 heavy (non-hydrogen) atoms. The molecule has 2 aliphatic rings. The predicted octanol–water partition coefficient (Wildman–Crippen LogP) is -0.185. The van der Waals surface area contributed by atoms with Crippen LogP contribution >= 0.6 is 0 Å². The van der Waals surface area contributed by atoms with Crippen LogP contribution in [0.1, 0.15) is 32.6 Å². The van der Waals surface area contributed by atoms with Crippen molar-refractivity contribution in [3.05, 3.63) is 0 Å². The van der Waals surface area contributed by atoms with Crippen LogP contribution in [0.4, 0.5) is 0 Å². The maximum Gasteiger partial charge on any atom is 0.0613 e. The maximum atomic E-state index is 9.29. The van der Waals surface area contributed by atoms with Crippen molar-refractivity contribution in [1.82, 2.24) is 16.0 Å². The van der Waals surface area contributed by atoms with Crippen LogP contribution in [0.5, 0.6) is 0 Å². The van der Waals surface area contributed by atoms with Crippen LogP contribution in [0.15, 0.2) is 0 Å². The Kier molecular flexibility index (Phi) is 6.04. The highest BCUT2D eigenvalue weighted by atomic mass is 16.3. The van der Waals surface area contributed by atoms with Crippen LogP contribution in [0.2, 0.25) is 0 Å². The molecule has 2 rings (SSSR count). The summed E-state index contributed by atoms with van der Waals surface area (Å²) >= 11 is 0. The lowest BCUT2D eigenvalue weighted by molar-refractivity contribution is 0.121. The topological polar surface area (TPSA) is 82.3 Å². The van der Waals surface area contributed by atoms with Gasteiger partial charge in [0.1, 0.15) is 0 Å². The molecule has 5 atom stereocenters. The largest absolute Gasteiger partial charge is 0.395 e. The third-order valence-electron chi connectivity index (χ3n) is 4.63. The minimum Gasteiger partial charge on any atom is -0.395 e. The molecular formula is C14H30N4O. The third-order valence-corrected chi connectivity index (χ3v) is 4.63. The summed E-state index contributed by atoms with van der Waals surface area (Å²) in [6.45, 7) is 5.36. The molecule has 0 aromatic rings. The molecule has 0 radical (unpaired) electrons. The summed E-state index contributed by atoms with van der Waals surface area (Å²) in [6.07, 6.45) is 5.09. The Balaban J connectivity index is 1.86. The van der Waals surface area contributed by atoms with Crippen molar-refractivity contribution in [2.45, 2.75) is 44.8 Å². The van der Waals surface area contributed by atoms with Crippen molar-refractivity contribution in [1.29, 1.82) is 0 Å². The number of nitrogens with one attached hydrogen (secondary N) is 3. The van der Waals surface area contributed by atoms with Gasteiger partial charge in [-0.15, -0.1) is 0 Å². The van der Waals surface area contributed by atoms with Crippen molar-refractivity contribution in [2.24, 2.45) is 23.5 Å². The van der Waals surface area contributed by atoms with E-state index in [0.717, 1.165) is 31.3 Å². The fourth-order valence-corrected chi connectivity index (χ4v) is 3.68. The summed E-state index contributed by atoms with van der Waals surface area (Å²) in [4.78, 5) is 0. The lowest BCUT2D eigenvalue weighted by atomic mass is 9.80. The molecule has 2 heterocycles. The van der Waals surface area contributed by atoms with Gasteiger partial charge in [0.05, 0.1) is 12.8 Å². The Bertz CT molecular complexity index is 264. The third kappa shape index (κ3) is 4.39. The maximum absolute atomic E-state index is 9.29. The minimum atomic E-state index is 0.220. The monoisotopic (exact) mass is 270 g/mol. The van der Waals surface area contributed by atoms with Crippen molar-refractivity contribution in [3.8, 4) is 0 Å². The van der Waals surface area contributed by atoms with Crippen LogP contribution in [-0.2, 0) is 0 Å². The highest BCUT2D eigenvalue weighted by Gasteiger charge is 2.31. The average Bonchev–Trinajstić information content (AvgIpc) is 2.41. The molecular weight excluding hydrogens is 240 g/mol. The molecule has 0 aromatic heterocycles. The Hall–Kier alpha value is -0.200. The van der Waals surface area contributed by atoms with E-state index in [9.17, 15) is 5.11 Å². The van der Waals surface area contributed by atoms with Crippen LogP contribution in [0.3, 0.4) is 0 Å². The Morgan fingerprint density at radius 2 is 2.16 bits per heavy atom. The second-order valence-corrected chi connectivity index (χ2v) is 6.37. The van der Waals surface area contributed by atoms with Crippen LogP contribution in [0, 0.1) is 17.8 Å². The van der Waals surface area contributed by atoms with Gasteiger partial charge in [0.25, 0.3) is 0 Å². The molecule has 0 aliphatic carbocycles. The van der Waals surface area contributed by atoms with E-state index in [2.05, 4.69) is 22.9 Å². The number of hydrogen-bond acceptors (Lipinski definition) is 5. The minimum absolute atomic E-state index is 0.220. The molecule has 0 amide bonds. The molecule has 112 valence electrons. The standard InChI is InChI=1S/C14H30N4O/c1-10-4-11(7-16-6-10)5-12-2-3-13(8-19)18-14(12)17-9-15/h10-14,16-19H,2-9,15H2,1H3/t10-,11?,12?,13?,14?/m1/s1. The van der Waals surface area contributed by atoms with Crippen molar-refractivity contribution >= 4 is 0 Å². The van der Waals surface area contributed by atoms with Gasteiger partial charge in [0.2, 0.25) is 0 Å². The number of hydrogen-bond donors (Lipinski definition) is 5. The highest BCUT2D eigenvalue weighted by Crippen LogP contribution is 2.29. The highest BCUT2D eigenvalue weighted by molar-refractivity contribution is 4.87. The summed E-state index contributed by atoms with van der Waals surface area (Å²) in [5.74, 6) is 2.20. The molecule has 4 unspecified atom stereocenters. The number of rotatable bonds is 5. The van der Waals surface area contributed by atoms with E-state index >= 15 is 0 Å². The molecule has 5 heteroatoms. The Morgan fingerprint density at radius 1 is 1.32 bits per heavy atom. The molecule has 2 saturated heterocycles. The van der Waals surface area contributed by atoms with E-state index in [1.165, 1.54) is 19.3 Å². The van der Waals surface area contributed by atoms with Gasteiger partial charge in [0, 0.05) is 12.7 Å². The van der Waals surface area contributed by atoms with Gasteiger partial charge in [-0.3, -0.25) is 10.6 Å². The number of aliphatic hydroxyl groups is 1. The molecule has 0 spiro atoms. The Morgan fingerprint density at radius 3 is 2.84 bits per heavy atom. The summed E-state index contributed by atoms with van der Waals surface area (Å²) in [5.41, 5.74) is 5.64. The van der Waals surface area contributed by atoms with E-state index in [-0.39, 0.29) is 18.8 Å². The smallest absolute Gasteiger partial charge is 0.0613 e. The number of piperidine rings is 2. The second-order valence-electron chi connectivity index (χ2n) is 6.37. The van der Waals surface area contributed by atoms with Crippen molar-refractivity contribution in [3.63, 3.8) is 0 Å². The van der Waals surface area contributed by atoms with E-state index in [1.54, 1.807) is 0 Å². The van der Waals surface area contributed by atoms with Gasteiger partial charge in [-0.1, -0.05) is 6.92 Å². The normalized spacial score (nSPS) is 40.3. The number of nitrogens with two attached hydrogens (primary N) is 1. The summed E-state index contributed by atoms with van der Waals surface area (Å²) in [5, 5.41) is 19.7. The van der Waals surface area contributed by atoms with Gasteiger partial charge in [-0.25, -0.2) is 0 Å². The van der Waals surface area contributed by atoms with E-state index in [1.807, 2.05) is 0 Å². The van der Waals surface area contributed by atoms with Gasteiger partial charge in [0.15, 0.2) is 0 Å². The first kappa shape index (κ1) is 15.2. The first-order chi connectivity index (χ1) is 9.22. The molecule has 2 aliphatic heterocycles. The molecule has 0 aromatic carbocycles. The zero-order valence-electron chi connectivity index (χ0n) is 12.1. The summed E-state index contributed by atoms with van der Waals surface area (Å²) in [6, 6.07) is 0.226. The van der Waals surface area contributed by atoms with Crippen LogP contribution < -0.4 is 21.7 Å². The van der Waals surface area contributed by atoms with Crippen LogP contribution in [0.25, 0.3) is 0 Å². The van der Waals surface area contributed by atoms with E-state index < -0.39 is 0 Å². The fourth-order valence-electron chi connectivity index (χ4n) is 3.68. The van der Waals surface area contributed by atoms with Crippen molar-refractivity contribution < 1.29 is 5.11 Å². The predicted molar refractivity (Wildman–Crippen MR) is 77.5 cm³/mol. The number of aliphatic hydroxyl groups excluding tert-OH is 1. The van der Waals surface area contributed by atoms with Gasteiger partial charge >= 0.3 is 0 Å².